The van der Waals surface area contributed by atoms with Gasteiger partial charge < -0.3 is 9.47 Å². The fourth-order valence-corrected chi connectivity index (χ4v) is 4.65. The summed E-state index contributed by atoms with van der Waals surface area (Å²) in [5, 5.41) is 0. The first kappa shape index (κ1) is 29.5. The largest absolute Gasteiger partial charge is 0.465 e. The second kappa shape index (κ2) is 21.0. The van der Waals surface area contributed by atoms with Gasteiger partial charge in [0.1, 0.15) is 0 Å². The van der Waals surface area contributed by atoms with Crippen molar-refractivity contribution in [2.75, 3.05) is 13.2 Å². The highest BCUT2D eigenvalue weighted by Gasteiger charge is 2.31. The molecule has 3 unspecified atom stereocenters. The maximum absolute atomic E-state index is 12.7. The number of esters is 1. The summed E-state index contributed by atoms with van der Waals surface area (Å²) in [5.74, 6) is 0.603. The molecule has 0 aliphatic carbocycles. The molecule has 1 rings (SSSR count). The zero-order chi connectivity index (χ0) is 23.3. The lowest BCUT2D eigenvalue weighted by Gasteiger charge is -2.19. The number of hydrogen-bond donors (Lipinski definition) is 0. The van der Waals surface area contributed by atoms with Crippen molar-refractivity contribution in [1.82, 2.24) is 0 Å². The van der Waals surface area contributed by atoms with E-state index < -0.39 is 0 Å². The van der Waals surface area contributed by atoms with E-state index in [0.717, 1.165) is 32.3 Å². The molecule has 1 fully saturated rings. The van der Waals surface area contributed by atoms with Crippen LogP contribution in [0.1, 0.15) is 149 Å². The van der Waals surface area contributed by atoms with E-state index in [2.05, 4.69) is 20.8 Å². The number of carbonyl (C=O) groups excluding carboxylic acids is 1. The van der Waals surface area contributed by atoms with Crippen LogP contribution >= 0.6 is 0 Å². The first-order valence-corrected chi connectivity index (χ1v) is 14.5. The van der Waals surface area contributed by atoms with E-state index in [1.165, 1.54) is 103 Å². The molecule has 0 aromatic rings. The Kier molecular flexibility index (Phi) is 19.3. The number of carbonyl (C=O) groups is 1. The third-order valence-corrected chi connectivity index (χ3v) is 7.19. The van der Waals surface area contributed by atoms with Crippen LogP contribution in [-0.2, 0) is 14.3 Å². The van der Waals surface area contributed by atoms with Crippen LogP contribution < -0.4 is 0 Å². The topological polar surface area (TPSA) is 38.8 Å². The lowest BCUT2D eigenvalue weighted by Crippen LogP contribution is -2.22. The summed E-state index contributed by atoms with van der Waals surface area (Å²) in [6, 6.07) is 0. The van der Waals surface area contributed by atoms with Crippen LogP contribution in [0.25, 0.3) is 0 Å². The zero-order valence-electron chi connectivity index (χ0n) is 22.0. The quantitative estimate of drug-likeness (QED) is 0.0832. The molecule has 0 spiro atoms. The normalized spacial score (nSPS) is 17.3. The van der Waals surface area contributed by atoms with Gasteiger partial charge in [-0.25, -0.2) is 0 Å². The Balaban J connectivity index is 2.04. The van der Waals surface area contributed by atoms with Crippen LogP contribution in [0.2, 0.25) is 0 Å². The Morgan fingerprint density at radius 2 is 1.25 bits per heavy atom. The molecule has 190 valence electrons. The molecule has 1 heterocycles. The van der Waals surface area contributed by atoms with E-state index >= 15 is 0 Å². The van der Waals surface area contributed by atoms with E-state index in [4.69, 9.17) is 9.47 Å². The van der Waals surface area contributed by atoms with Gasteiger partial charge in [0.2, 0.25) is 0 Å². The molecular formula is C29H56O3. The summed E-state index contributed by atoms with van der Waals surface area (Å²) < 4.78 is 11.2. The third kappa shape index (κ3) is 17.0. The van der Waals surface area contributed by atoms with Crippen molar-refractivity contribution >= 4 is 5.97 Å². The molecule has 0 bridgehead atoms. The second-order valence-corrected chi connectivity index (χ2v) is 10.3. The number of epoxide rings is 1. The molecule has 0 amide bonds. The van der Waals surface area contributed by atoms with Gasteiger partial charge in [-0.3, -0.25) is 4.79 Å². The van der Waals surface area contributed by atoms with E-state index in [1.54, 1.807) is 0 Å². The number of unbranched alkanes of at least 4 members (excludes halogenated alkanes) is 14. The van der Waals surface area contributed by atoms with Crippen molar-refractivity contribution in [1.29, 1.82) is 0 Å². The fraction of sp³-hybridized carbons (Fsp3) is 0.966. The molecule has 1 aliphatic rings. The SMILES string of the molecule is CCCCCCCCCCCCCCCCC(CC1CO1)C(=O)OCC(CC)CCCC. The Labute approximate surface area is 200 Å². The molecular weight excluding hydrogens is 396 g/mol. The summed E-state index contributed by atoms with van der Waals surface area (Å²) in [4.78, 5) is 12.7. The minimum atomic E-state index is 0.0325. The van der Waals surface area contributed by atoms with Crippen LogP contribution in [0.3, 0.4) is 0 Å². The lowest BCUT2D eigenvalue weighted by atomic mass is 9.95. The van der Waals surface area contributed by atoms with Crippen LogP contribution in [0.5, 0.6) is 0 Å². The molecule has 0 radical (unpaired) electrons. The average Bonchev–Trinajstić information content (AvgIpc) is 3.62. The summed E-state index contributed by atoms with van der Waals surface area (Å²) in [5.41, 5.74) is 0. The highest BCUT2D eigenvalue weighted by molar-refractivity contribution is 5.72. The van der Waals surface area contributed by atoms with E-state index in [-0.39, 0.29) is 11.9 Å². The molecule has 0 saturated carbocycles. The van der Waals surface area contributed by atoms with Gasteiger partial charge in [-0.05, 0) is 25.2 Å². The van der Waals surface area contributed by atoms with Crippen LogP contribution in [0.15, 0.2) is 0 Å². The minimum Gasteiger partial charge on any atom is -0.465 e. The van der Waals surface area contributed by atoms with E-state index in [0.29, 0.717) is 18.6 Å². The highest BCUT2D eigenvalue weighted by Crippen LogP contribution is 2.26. The Morgan fingerprint density at radius 3 is 1.72 bits per heavy atom. The Hall–Kier alpha value is -0.570. The molecule has 0 aromatic carbocycles. The molecule has 3 atom stereocenters. The summed E-state index contributed by atoms with van der Waals surface area (Å²) in [6.07, 6.45) is 26.1. The minimum absolute atomic E-state index is 0.0325. The second-order valence-electron chi connectivity index (χ2n) is 10.3. The Bertz CT molecular complexity index is 419. The number of hydrogen-bond acceptors (Lipinski definition) is 3. The predicted octanol–water partition coefficient (Wildman–Crippen LogP) is 9.02. The van der Waals surface area contributed by atoms with Crippen molar-refractivity contribution in [3.05, 3.63) is 0 Å². The molecule has 0 aromatic heterocycles. The summed E-state index contributed by atoms with van der Waals surface area (Å²) >= 11 is 0. The average molecular weight is 453 g/mol. The number of ether oxygens (including phenoxy) is 2. The first-order chi connectivity index (χ1) is 15.7. The lowest BCUT2D eigenvalue weighted by molar-refractivity contribution is -0.150. The van der Waals surface area contributed by atoms with Gasteiger partial charge in [0.05, 0.1) is 25.2 Å². The van der Waals surface area contributed by atoms with E-state index in [9.17, 15) is 4.79 Å². The van der Waals surface area contributed by atoms with Crippen molar-refractivity contribution in [2.24, 2.45) is 11.8 Å². The summed E-state index contributed by atoms with van der Waals surface area (Å²) in [6.45, 7) is 8.15. The van der Waals surface area contributed by atoms with Gasteiger partial charge >= 0.3 is 5.97 Å². The van der Waals surface area contributed by atoms with Crippen molar-refractivity contribution in [3.8, 4) is 0 Å². The standard InChI is InChI=1S/C29H56O3/c1-4-7-9-10-11-12-13-14-15-16-17-18-19-20-22-27(23-28-25-31-28)29(30)32-24-26(6-3)21-8-5-2/h26-28H,4-25H2,1-3H3. The van der Waals surface area contributed by atoms with Crippen molar-refractivity contribution < 1.29 is 14.3 Å². The van der Waals surface area contributed by atoms with Gasteiger partial charge in [0.25, 0.3) is 0 Å². The van der Waals surface area contributed by atoms with Crippen LogP contribution in [-0.4, -0.2) is 25.3 Å². The van der Waals surface area contributed by atoms with Gasteiger partial charge in [-0.2, -0.15) is 0 Å². The monoisotopic (exact) mass is 452 g/mol. The van der Waals surface area contributed by atoms with Gasteiger partial charge in [0.15, 0.2) is 0 Å². The smallest absolute Gasteiger partial charge is 0.309 e. The number of rotatable bonds is 24. The predicted molar refractivity (Wildman–Crippen MR) is 137 cm³/mol. The van der Waals surface area contributed by atoms with Crippen molar-refractivity contribution in [2.45, 2.75) is 155 Å². The van der Waals surface area contributed by atoms with Gasteiger partial charge in [-0.1, -0.05) is 130 Å². The fourth-order valence-electron chi connectivity index (χ4n) is 4.65. The third-order valence-electron chi connectivity index (χ3n) is 7.19. The van der Waals surface area contributed by atoms with Crippen LogP contribution in [0, 0.1) is 11.8 Å². The molecule has 0 N–H and O–H groups in total. The van der Waals surface area contributed by atoms with Gasteiger partial charge in [-0.15, -0.1) is 0 Å². The summed E-state index contributed by atoms with van der Waals surface area (Å²) in [7, 11) is 0. The maximum Gasteiger partial charge on any atom is 0.309 e. The zero-order valence-corrected chi connectivity index (χ0v) is 22.0. The first-order valence-electron chi connectivity index (χ1n) is 14.5. The van der Waals surface area contributed by atoms with Crippen LogP contribution in [0.4, 0.5) is 0 Å². The molecule has 32 heavy (non-hydrogen) atoms. The van der Waals surface area contributed by atoms with Crippen molar-refractivity contribution in [3.63, 3.8) is 0 Å². The molecule has 3 nitrogen and oxygen atoms in total. The van der Waals surface area contributed by atoms with E-state index in [1.807, 2.05) is 0 Å². The molecule has 3 heteroatoms. The molecule has 1 aliphatic heterocycles. The maximum atomic E-state index is 12.7. The highest BCUT2D eigenvalue weighted by atomic mass is 16.6. The molecule has 1 saturated heterocycles. The van der Waals surface area contributed by atoms with Gasteiger partial charge in [0, 0.05) is 0 Å². The Morgan fingerprint density at radius 1 is 0.750 bits per heavy atom.